The molecule has 0 aliphatic heterocycles. The van der Waals surface area contributed by atoms with Gasteiger partial charge in [0.05, 0.1) is 11.4 Å². The molecule has 0 saturated carbocycles. The fourth-order valence-corrected chi connectivity index (χ4v) is 7.30. The third-order valence-electron chi connectivity index (χ3n) is 9.51. The van der Waals surface area contributed by atoms with Crippen LogP contribution in [0.5, 0.6) is 0 Å². The normalized spacial score (nSPS) is 11.2. The van der Waals surface area contributed by atoms with Crippen LogP contribution in [0.25, 0.3) is 32.7 Å². The number of fused-ring (bicyclic) bond motifs is 2. The van der Waals surface area contributed by atoms with E-state index in [1.807, 2.05) is 0 Å². The molecule has 0 spiro atoms. The fraction of sp³-hybridized carbons (Fsp3) is 0.0638. The zero-order chi connectivity index (χ0) is 33.3. The minimum atomic E-state index is 1.13. The molecule has 0 atom stereocenters. The predicted octanol–water partition coefficient (Wildman–Crippen LogP) is 13.5. The highest BCUT2D eigenvalue weighted by molar-refractivity contribution is 6.15. The molecule has 0 radical (unpaired) electrons. The van der Waals surface area contributed by atoms with Crippen LogP contribution in [0.15, 0.2) is 176 Å². The molecule has 49 heavy (non-hydrogen) atoms. The fourth-order valence-electron chi connectivity index (χ4n) is 7.30. The molecule has 8 aromatic rings. The second kappa shape index (κ2) is 12.8. The summed E-state index contributed by atoms with van der Waals surface area (Å²) < 4.78 is 0. The van der Waals surface area contributed by atoms with Crippen LogP contribution >= 0.6 is 0 Å². The Morgan fingerprint density at radius 1 is 0.306 bits per heavy atom. The number of hydrogen-bond acceptors (Lipinski definition) is 2. The molecule has 0 unspecified atom stereocenters. The van der Waals surface area contributed by atoms with Gasteiger partial charge in [0.25, 0.3) is 0 Å². The number of aryl methyl sites for hydroxylation is 3. The van der Waals surface area contributed by atoms with Crippen LogP contribution in [0.2, 0.25) is 0 Å². The molecular formula is C47H38N2. The van der Waals surface area contributed by atoms with Crippen molar-refractivity contribution in [3.8, 4) is 11.1 Å². The van der Waals surface area contributed by atoms with Gasteiger partial charge in [-0.25, -0.2) is 0 Å². The molecule has 0 bridgehead atoms. The van der Waals surface area contributed by atoms with Gasteiger partial charge in [-0.3, -0.25) is 0 Å². The minimum absolute atomic E-state index is 1.13. The van der Waals surface area contributed by atoms with Gasteiger partial charge in [0.2, 0.25) is 0 Å². The topological polar surface area (TPSA) is 6.48 Å². The Kier molecular flexibility index (Phi) is 7.91. The van der Waals surface area contributed by atoms with Gasteiger partial charge in [-0.15, -0.1) is 0 Å². The zero-order valence-corrected chi connectivity index (χ0v) is 28.1. The van der Waals surface area contributed by atoms with Crippen molar-refractivity contribution >= 4 is 55.7 Å². The van der Waals surface area contributed by atoms with E-state index in [1.54, 1.807) is 0 Å². The van der Waals surface area contributed by atoms with E-state index in [1.165, 1.54) is 60.7 Å². The van der Waals surface area contributed by atoms with Crippen LogP contribution in [0.4, 0.5) is 34.1 Å². The lowest BCUT2D eigenvalue weighted by molar-refractivity contribution is 1.28. The number of nitrogens with zero attached hydrogens (tertiary/aromatic N) is 2. The average molecular weight is 631 g/mol. The lowest BCUT2D eigenvalue weighted by atomic mass is 9.86. The second-order valence-corrected chi connectivity index (χ2v) is 12.8. The van der Waals surface area contributed by atoms with Gasteiger partial charge >= 0.3 is 0 Å². The van der Waals surface area contributed by atoms with Gasteiger partial charge in [-0.2, -0.15) is 0 Å². The first kappa shape index (κ1) is 30.2. The summed E-state index contributed by atoms with van der Waals surface area (Å²) in [6.45, 7) is 6.68. The second-order valence-electron chi connectivity index (χ2n) is 12.8. The molecule has 0 N–H and O–H groups in total. The van der Waals surface area contributed by atoms with Crippen molar-refractivity contribution in [2.75, 3.05) is 9.80 Å². The van der Waals surface area contributed by atoms with Crippen LogP contribution in [-0.4, -0.2) is 0 Å². The molecule has 0 heterocycles. The lowest BCUT2D eigenvalue weighted by Crippen LogP contribution is -2.12. The third kappa shape index (κ3) is 5.52. The first-order valence-corrected chi connectivity index (χ1v) is 17.0. The molecule has 236 valence electrons. The summed E-state index contributed by atoms with van der Waals surface area (Å²) in [4.78, 5) is 4.77. The van der Waals surface area contributed by atoms with E-state index in [0.717, 1.165) is 22.7 Å². The van der Waals surface area contributed by atoms with Crippen LogP contribution in [0, 0.1) is 20.8 Å². The number of benzene rings is 8. The Balaban J connectivity index is 1.39. The molecule has 2 heteroatoms. The van der Waals surface area contributed by atoms with Crippen molar-refractivity contribution in [3.63, 3.8) is 0 Å². The first-order chi connectivity index (χ1) is 24.1. The standard InChI is InChI=1S/C47H38N2/c1-33-27-29-39(30-28-33)49(38-21-11-6-12-22-38)45-32-35(3)47(43-26-16-14-24-41(43)45)46-34(2)31-44(40-23-13-15-25-42(40)46)48(36-17-7-4-8-18-36)37-19-9-5-10-20-37/h4-32H,1-3H3. The highest BCUT2D eigenvalue weighted by atomic mass is 15.1. The Morgan fingerprint density at radius 3 is 0.980 bits per heavy atom. The number of anilines is 6. The summed E-state index contributed by atoms with van der Waals surface area (Å²) in [5, 5.41) is 4.92. The number of rotatable bonds is 7. The van der Waals surface area contributed by atoms with E-state index in [9.17, 15) is 0 Å². The molecule has 0 aliphatic rings. The maximum Gasteiger partial charge on any atom is 0.0543 e. The first-order valence-electron chi connectivity index (χ1n) is 17.0. The van der Waals surface area contributed by atoms with Gasteiger partial charge in [0.1, 0.15) is 0 Å². The smallest absolute Gasteiger partial charge is 0.0543 e. The summed E-state index contributed by atoms with van der Waals surface area (Å²) >= 11 is 0. The SMILES string of the molecule is Cc1ccc(N(c2ccccc2)c2cc(C)c(-c3c(C)cc(N(c4ccccc4)c4ccccc4)c4ccccc34)c3ccccc23)cc1. The average Bonchev–Trinajstić information content (AvgIpc) is 3.15. The van der Waals surface area contributed by atoms with Gasteiger partial charge in [0, 0.05) is 33.5 Å². The van der Waals surface area contributed by atoms with Gasteiger partial charge in [-0.05, 0) is 114 Å². The molecule has 8 rings (SSSR count). The molecule has 0 aromatic heterocycles. The summed E-state index contributed by atoms with van der Waals surface area (Å²) in [5.74, 6) is 0. The van der Waals surface area contributed by atoms with Crippen molar-refractivity contribution in [3.05, 3.63) is 193 Å². The van der Waals surface area contributed by atoms with Gasteiger partial charge in [-0.1, -0.05) is 121 Å². The highest BCUT2D eigenvalue weighted by Gasteiger charge is 2.23. The van der Waals surface area contributed by atoms with E-state index < -0.39 is 0 Å². The number of hydrogen-bond donors (Lipinski definition) is 0. The number of para-hydroxylation sites is 3. The maximum atomic E-state index is 2.39. The summed E-state index contributed by atoms with van der Waals surface area (Å²) in [5.41, 5.74) is 13.2. The van der Waals surface area contributed by atoms with Crippen LogP contribution < -0.4 is 9.80 Å². The summed E-state index contributed by atoms with van der Waals surface area (Å²) in [6.07, 6.45) is 0. The third-order valence-corrected chi connectivity index (χ3v) is 9.51. The quantitative estimate of drug-likeness (QED) is 0.173. The zero-order valence-electron chi connectivity index (χ0n) is 28.1. The van der Waals surface area contributed by atoms with Crippen LogP contribution in [0.1, 0.15) is 16.7 Å². The molecule has 0 aliphatic carbocycles. The van der Waals surface area contributed by atoms with Crippen LogP contribution in [0.3, 0.4) is 0 Å². The maximum absolute atomic E-state index is 2.39. The molecule has 0 saturated heterocycles. The summed E-state index contributed by atoms with van der Waals surface area (Å²) in [7, 11) is 0. The Bertz CT molecular complexity index is 2360. The molecule has 8 aromatic carbocycles. The largest absolute Gasteiger partial charge is 0.310 e. The Labute approximate surface area is 289 Å². The molecule has 0 fully saturated rings. The molecular weight excluding hydrogens is 593 g/mol. The van der Waals surface area contributed by atoms with Gasteiger partial charge in [0.15, 0.2) is 0 Å². The Morgan fingerprint density at radius 2 is 0.612 bits per heavy atom. The van der Waals surface area contributed by atoms with Crippen molar-refractivity contribution < 1.29 is 0 Å². The van der Waals surface area contributed by atoms with Crippen molar-refractivity contribution in [2.24, 2.45) is 0 Å². The van der Waals surface area contributed by atoms with Crippen molar-refractivity contribution in [1.82, 2.24) is 0 Å². The van der Waals surface area contributed by atoms with Crippen LogP contribution in [-0.2, 0) is 0 Å². The van der Waals surface area contributed by atoms with Crippen molar-refractivity contribution in [1.29, 1.82) is 0 Å². The van der Waals surface area contributed by atoms with E-state index >= 15 is 0 Å². The molecule has 0 amide bonds. The predicted molar refractivity (Wildman–Crippen MR) is 210 cm³/mol. The summed E-state index contributed by atoms with van der Waals surface area (Å²) in [6, 6.07) is 63.5. The Hall–Kier alpha value is -6.12. The van der Waals surface area contributed by atoms with Gasteiger partial charge < -0.3 is 9.80 Å². The van der Waals surface area contributed by atoms with E-state index in [0.29, 0.717) is 0 Å². The van der Waals surface area contributed by atoms with Crippen molar-refractivity contribution in [2.45, 2.75) is 20.8 Å². The van der Waals surface area contributed by atoms with E-state index in [-0.39, 0.29) is 0 Å². The lowest BCUT2D eigenvalue weighted by Gasteiger charge is -2.30. The molecule has 2 nitrogen and oxygen atoms in total. The van der Waals surface area contributed by atoms with E-state index in [4.69, 9.17) is 0 Å². The highest BCUT2D eigenvalue weighted by Crippen LogP contribution is 2.48. The minimum Gasteiger partial charge on any atom is -0.310 e. The monoisotopic (exact) mass is 630 g/mol. The van der Waals surface area contributed by atoms with E-state index in [2.05, 4.69) is 206 Å².